The van der Waals surface area contributed by atoms with Gasteiger partial charge in [-0.2, -0.15) is 0 Å². The van der Waals surface area contributed by atoms with Crippen molar-refractivity contribution in [3.63, 3.8) is 0 Å². The standard InChI is InChI=1S/C28H27ClF2N4O5/c1-34(17-4-2-3-15(29)7-17)25(38)27-12-28(13-27,14-27)40-26(39)32-16-10-35(11-16)18-8-20(30)23(21(31)9-18)19-5-6-22(36)33-24(19)37/h2-4,7-9,16,19H,5-6,10-14H2,1H3,(H,32,39)(H,33,36,37). The molecule has 4 amide bonds. The maximum absolute atomic E-state index is 14.8. The number of hydrogen-bond acceptors (Lipinski definition) is 6. The Balaban J connectivity index is 0.984. The van der Waals surface area contributed by atoms with Gasteiger partial charge in [0.15, 0.2) is 0 Å². The third kappa shape index (κ3) is 4.46. The molecule has 2 heterocycles. The van der Waals surface area contributed by atoms with Crippen LogP contribution in [0.1, 0.15) is 43.6 Å². The van der Waals surface area contributed by atoms with Gasteiger partial charge in [-0.1, -0.05) is 17.7 Å². The van der Waals surface area contributed by atoms with Gasteiger partial charge < -0.3 is 19.9 Å². The first-order valence-electron chi connectivity index (χ1n) is 13.1. The van der Waals surface area contributed by atoms with Gasteiger partial charge in [0.2, 0.25) is 17.7 Å². The molecule has 3 saturated carbocycles. The minimum atomic E-state index is -1.06. The van der Waals surface area contributed by atoms with Crippen LogP contribution in [0.25, 0.3) is 0 Å². The highest BCUT2D eigenvalue weighted by molar-refractivity contribution is 6.31. The van der Waals surface area contributed by atoms with E-state index in [1.165, 1.54) is 0 Å². The Morgan fingerprint density at radius 1 is 1.12 bits per heavy atom. The number of anilines is 2. The summed E-state index contributed by atoms with van der Waals surface area (Å²) in [5.41, 5.74) is -0.521. The number of rotatable bonds is 6. The van der Waals surface area contributed by atoms with Gasteiger partial charge in [0, 0.05) is 67.8 Å². The molecule has 40 heavy (non-hydrogen) atoms. The molecule has 5 aliphatic rings. The van der Waals surface area contributed by atoms with Crippen LogP contribution >= 0.6 is 11.6 Å². The Morgan fingerprint density at radius 3 is 2.42 bits per heavy atom. The number of halogens is 3. The summed E-state index contributed by atoms with van der Waals surface area (Å²) in [7, 11) is 1.71. The van der Waals surface area contributed by atoms with Crippen LogP contribution in [0.5, 0.6) is 0 Å². The van der Waals surface area contributed by atoms with Crippen molar-refractivity contribution in [1.82, 2.24) is 10.6 Å². The average molecular weight is 573 g/mol. The largest absolute Gasteiger partial charge is 0.443 e. The van der Waals surface area contributed by atoms with E-state index >= 15 is 0 Å². The van der Waals surface area contributed by atoms with Crippen LogP contribution in [0.4, 0.5) is 25.0 Å². The molecule has 2 aromatic carbocycles. The zero-order chi connectivity index (χ0) is 28.4. The fraction of sp³-hybridized carbons (Fsp3) is 0.429. The molecule has 0 spiro atoms. The maximum Gasteiger partial charge on any atom is 0.408 e. The normalized spacial score (nSPS) is 27.1. The number of carbonyl (C=O) groups excluding carboxylic acids is 4. The third-order valence-corrected chi connectivity index (χ3v) is 8.70. The van der Waals surface area contributed by atoms with E-state index in [2.05, 4.69) is 10.6 Å². The van der Waals surface area contributed by atoms with Crippen molar-refractivity contribution in [2.45, 2.75) is 49.7 Å². The first-order chi connectivity index (χ1) is 19.0. The molecule has 12 heteroatoms. The molecule has 2 aromatic rings. The van der Waals surface area contributed by atoms with E-state index in [1.54, 1.807) is 35.0 Å². The summed E-state index contributed by atoms with van der Waals surface area (Å²) < 4.78 is 35.3. The van der Waals surface area contributed by atoms with Crippen LogP contribution in [-0.4, -0.2) is 55.6 Å². The zero-order valence-corrected chi connectivity index (χ0v) is 22.4. The Morgan fingerprint density at radius 2 is 1.80 bits per heavy atom. The summed E-state index contributed by atoms with van der Waals surface area (Å²) in [5, 5.41) is 5.44. The van der Waals surface area contributed by atoms with E-state index < -0.39 is 46.5 Å². The highest BCUT2D eigenvalue weighted by Gasteiger charge is 2.74. The number of hydrogen-bond donors (Lipinski definition) is 2. The minimum absolute atomic E-state index is 0.0191. The summed E-state index contributed by atoms with van der Waals surface area (Å²) in [6, 6.07) is 9.11. The van der Waals surface area contributed by atoms with Gasteiger partial charge in [-0.05, 0) is 36.8 Å². The van der Waals surface area contributed by atoms with Crippen LogP contribution in [0.15, 0.2) is 36.4 Å². The van der Waals surface area contributed by atoms with E-state index in [0.29, 0.717) is 48.7 Å². The lowest BCUT2D eigenvalue weighted by Crippen LogP contribution is -2.74. The molecular formula is C28H27ClF2N4O5. The van der Waals surface area contributed by atoms with Crippen LogP contribution < -0.4 is 20.4 Å². The molecule has 2 saturated heterocycles. The third-order valence-electron chi connectivity index (χ3n) is 8.46. The molecular weight excluding hydrogens is 546 g/mol. The lowest BCUT2D eigenvalue weighted by molar-refractivity contribution is -0.246. The molecule has 210 valence electrons. The number of nitrogens with one attached hydrogen (secondary N) is 2. The second-order valence-corrected chi connectivity index (χ2v) is 11.7. The van der Waals surface area contributed by atoms with Crippen LogP contribution in [0.3, 0.4) is 0 Å². The maximum atomic E-state index is 14.8. The fourth-order valence-electron chi connectivity index (χ4n) is 6.42. The number of amides is 4. The van der Waals surface area contributed by atoms with Gasteiger partial charge in [0.1, 0.15) is 17.2 Å². The summed E-state index contributed by atoms with van der Waals surface area (Å²) in [6.45, 7) is 0.650. The first kappa shape index (κ1) is 26.5. The molecule has 3 aliphatic carbocycles. The molecule has 7 rings (SSSR count). The second-order valence-electron chi connectivity index (χ2n) is 11.3. The van der Waals surface area contributed by atoms with Crippen LogP contribution in [0.2, 0.25) is 5.02 Å². The predicted molar refractivity (Wildman–Crippen MR) is 141 cm³/mol. The Bertz CT molecular complexity index is 1400. The number of piperidine rings is 1. The van der Waals surface area contributed by atoms with E-state index in [4.69, 9.17) is 16.3 Å². The molecule has 2 bridgehead atoms. The average Bonchev–Trinajstić information content (AvgIpc) is 2.82. The summed E-state index contributed by atoms with van der Waals surface area (Å²) in [6.07, 6.45) is 0.875. The van der Waals surface area contributed by atoms with E-state index in [1.807, 2.05) is 6.07 Å². The second kappa shape index (κ2) is 9.43. The monoisotopic (exact) mass is 572 g/mol. The Hall–Kier alpha value is -3.73. The van der Waals surface area contributed by atoms with Gasteiger partial charge in [-0.15, -0.1) is 0 Å². The summed E-state index contributed by atoms with van der Waals surface area (Å²) >= 11 is 6.04. The SMILES string of the molecule is CN(C(=O)C12CC(OC(=O)NC3CN(c4cc(F)c(C5CCC(=O)NC5=O)c(F)c4)C3)(C1)C2)c1cccc(Cl)c1. The topological polar surface area (TPSA) is 108 Å². The number of ether oxygens (including phenoxy) is 1. The molecule has 0 radical (unpaired) electrons. The molecule has 2 N–H and O–H groups in total. The molecule has 1 atom stereocenters. The Labute approximate surface area is 233 Å². The van der Waals surface area contributed by atoms with Gasteiger partial charge in [0.05, 0.1) is 17.4 Å². The lowest BCUT2D eigenvalue weighted by Gasteiger charge is -2.67. The van der Waals surface area contributed by atoms with E-state index in [-0.39, 0.29) is 30.4 Å². The fourth-order valence-corrected chi connectivity index (χ4v) is 6.60. The number of benzene rings is 2. The minimum Gasteiger partial charge on any atom is -0.443 e. The van der Waals surface area contributed by atoms with Crippen molar-refractivity contribution in [1.29, 1.82) is 0 Å². The quantitative estimate of drug-likeness (QED) is 0.512. The molecule has 2 aliphatic heterocycles. The Kier molecular flexibility index (Phi) is 6.25. The van der Waals surface area contributed by atoms with Crippen LogP contribution in [-0.2, 0) is 19.1 Å². The molecule has 9 nitrogen and oxygen atoms in total. The highest BCUT2D eigenvalue weighted by Crippen LogP contribution is 2.69. The van der Waals surface area contributed by atoms with Crippen molar-refractivity contribution in [2.75, 3.05) is 29.9 Å². The van der Waals surface area contributed by atoms with Gasteiger partial charge >= 0.3 is 6.09 Å². The van der Waals surface area contributed by atoms with Gasteiger partial charge in [0.25, 0.3) is 0 Å². The van der Waals surface area contributed by atoms with E-state index in [9.17, 15) is 28.0 Å². The van der Waals surface area contributed by atoms with Crippen molar-refractivity contribution in [2.24, 2.45) is 5.41 Å². The van der Waals surface area contributed by atoms with Crippen molar-refractivity contribution in [3.8, 4) is 0 Å². The van der Waals surface area contributed by atoms with Crippen molar-refractivity contribution < 1.29 is 32.7 Å². The van der Waals surface area contributed by atoms with E-state index in [0.717, 1.165) is 12.1 Å². The predicted octanol–water partition coefficient (Wildman–Crippen LogP) is 3.64. The number of nitrogens with zero attached hydrogens (tertiary/aromatic N) is 2. The summed E-state index contributed by atoms with van der Waals surface area (Å²) in [5.74, 6) is -3.96. The van der Waals surface area contributed by atoms with Crippen molar-refractivity contribution in [3.05, 3.63) is 58.6 Å². The smallest absolute Gasteiger partial charge is 0.408 e. The van der Waals surface area contributed by atoms with Crippen molar-refractivity contribution >= 4 is 46.8 Å². The molecule has 0 aromatic heterocycles. The van der Waals surface area contributed by atoms with Gasteiger partial charge in [-0.25, -0.2) is 13.6 Å². The molecule has 1 unspecified atom stereocenters. The summed E-state index contributed by atoms with van der Waals surface area (Å²) in [4.78, 5) is 52.3. The highest BCUT2D eigenvalue weighted by atomic mass is 35.5. The number of carbonyl (C=O) groups is 4. The lowest BCUT2D eigenvalue weighted by atomic mass is 9.40. The number of alkyl carbamates (subject to hydrolysis) is 1. The number of imide groups is 1. The first-order valence-corrected chi connectivity index (χ1v) is 13.5. The van der Waals surface area contributed by atoms with Gasteiger partial charge in [-0.3, -0.25) is 19.7 Å². The zero-order valence-electron chi connectivity index (χ0n) is 21.6. The van der Waals surface area contributed by atoms with Crippen LogP contribution in [0, 0.1) is 17.0 Å². The molecule has 5 fully saturated rings.